The van der Waals surface area contributed by atoms with Gasteiger partial charge in [-0.1, -0.05) is 29.8 Å². The van der Waals surface area contributed by atoms with E-state index in [1.54, 1.807) is 41.3 Å². The molecule has 3 aromatic rings. The molecule has 0 radical (unpaired) electrons. The van der Waals surface area contributed by atoms with Crippen LogP contribution in [0.3, 0.4) is 0 Å². The third-order valence-electron chi connectivity index (χ3n) is 5.91. The van der Waals surface area contributed by atoms with Crippen LogP contribution in [0.15, 0.2) is 72.8 Å². The first-order chi connectivity index (χ1) is 15.9. The molecule has 33 heavy (non-hydrogen) atoms. The molecule has 1 saturated heterocycles. The maximum Gasteiger partial charge on any atom is 0.316 e. The van der Waals surface area contributed by atoms with Crippen LogP contribution in [-0.2, 0) is 9.59 Å². The average molecular weight is 440 g/mol. The van der Waals surface area contributed by atoms with Crippen LogP contribution in [0.5, 0.6) is 5.75 Å². The average Bonchev–Trinajstić information content (AvgIpc) is 3.33. The van der Waals surface area contributed by atoms with Gasteiger partial charge in [0.15, 0.2) is 0 Å². The smallest absolute Gasteiger partial charge is 0.316 e. The maximum atomic E-state index is 12.7. The highest BCUT2D eigenvalue weighted by Gasteiger charge is 2.37. The van der Waals surface area contributed by atoms with Gasteiger partial charge in [0.05, 0.1) is 22.7 Å². The minimum absolute atomic E-state index is 0.0832. The summed E-state index contributed by atoms with van der Waals surface area (Å²) >= 11 is 0. The summed E-state index contributed by atoms with van der Waals surface area (Å²) in [5, 5.41) is 0. The molecule has 3 aromatic carbocycles. The van der Waals surface area contributed by atoms with E-state index in [0.717, 1.165) is 16.2 Å². The van der Waals surface area contributed by atoms with Crippen molar-refractivity contribution in [3.05, 3.63) is 89.5 Å². The van der Waals surface area contributed by atoms with Crippen LogP contribution in [0.4, 0.5) is 11.4 Å². The van der Waals surface area contributed by atoms with Crippen LogP contribution >= 0.6 is 0 Å². The molecule has 0 unspecified atom stereocenters. The number of aryl methyl sites for hydroxylation is 1. The second-order valence-electron chi connectivity index (χ2n) is 8.15. The summed E-state index contributed by atoms with van der Waals surface area (Å²) in [6.07, 6.45) is 0.0832. The Kier molecular flexibility index (Phi) is 5.01. The number of hydrogen-bond donors (Lipinski definition) is 0. The first kappa shape index (κ1) is 20.6. The number of ether oxygens (including phenoxy) is 1. The highest BCUT2D eigenvalue weighted by molar-refractivity contribution is 6.34. The topological polar surface area (TPSA) is 84.0 Å². The predicted molar refractivity (Wildman–Crippen MR) is 121 cm³/mol. The fourth-order valence-corrected chi connectivity index (χ4v) is 4.13. The number of carbonyl (C=O) groups is 4. The van der Waals surface area contributed by atoms with Gasteiger partial charge in [0.1, 0.15) is 5.75 Å². The lowest BCUT2D eigenvalue weighted by atomic mass is 10.1. The monoisotopic (exact) mass is 440 g/mol. The number of fused-ring (bicyclic) bond motifs is 1. The van der Waals surface area contributed by atoms with E-state index in [-0.39, 0.29) is 36.4 Å². The minimum Gasteiger partial charge on any atom is -0.426 e. The van der Waals surface area contributed by atoms with Crippen molar-refractivity contribution in [3.8, 4) is 5.75 Å². The molecule has 1 atom stereocenters. The van der Waals surface area contributed by atoms with Gasteiger partial charge in [0, 0.05) is 18.7 Å². The number of rotatable bonds is 4. The van der Waals surface area contributed by atoms with E-state index in [1.165, 1.54) is 12.1 Å². The first-order valence-electron chi connectivity index (χ1n) is 10.6. The van der Waals surface area contributed by atoms with Gasteiger partial charge >= 0.3 is 5.97 Å². The summed E-state index contributed by atoms with van der Waals surface area (Å²) < 4.78 is 5.48. The Bertz CT molecular complexity index is 1250. The number of esters is 1. The van der Waals surface area contributed by atoms with Crippen molar-refractivity contribution in [1.82, 2.24) is 0 Å². The van der Waals surface area contributed by atoms with Gasteiger partial charge in [-0.2, -0.15) is 0 Å². The van der Waals surface area contributed by atoms with E-state index in [1.807, 2.05) is 31.2 Å². The van der Waals surface area contributed by atoms with Gasteiger partial charge in [-0.05, 0) is 55.5 Å². The number of nitrogens with zero attached hydrogens (tertiary/aromatic N) is 2. The Morgan fingerprint density at radius 2 is 1.39 bits per heavy atom. The quantitative estimate of drug-likeness (QED) is 0.351. The van der Waals surface area contributed by atoms with Crippen molar-refractivity contribution in [1.29, 1.82) is 0 Å². The molecule has 0 saturated carbocycles. The molecule has 164 valence electrons. The van der Waals surface area contributed by atoms with Crippen LogP contribution in [0.2, 0.25) is 0 Å². The Labute approximate surface area is 190 Å². The number of hydrogen-bond acceptors (Lipinski definition) is 5. The van der Waals surface area contributed by atoms with Crippen molar-refractivity contribution in [2.45, 2.75) is 13.3 Å². The lowest BCUT2D eigenvalue weighted by Gasteiger charge is -2.17. The zero-order chi connectivity index (χ0) is 23.1. The van der Waals surface area contributed by atoms with Gasteiger partial charge in [0.2, 0.25) is 5.91 Å². The standard InChI is InChI=1S/C26H20N2O5/c1-16-6-8-18(9-7-16)27-15-17(14-23(27)29)26(32)33-20-12-10-19(11-13-20)28-24(30)21-4-2-3-5-22(21)25(28)31/h2-13,17H,14-15H2,1H3/t17-/m1/s1. The lowest BCUT2D eigenvalue weighted by molar-refractivity contribution is -0.139. The molecule has 7 nitrogen and oxygen atoms in total. The summed E-state index contributed by atoms with van der Waals surface area (Å²) in [7, 11) is 0. The SMILES string of the molecule is Cc1ccc(N2C[C@H](C(=O)Oc3ccc(N4C(=O)c5ccccc5C4=O)cc3)CC2=O)cc1. The van der Waals surface area contributed by atoms with Crippen LogP contribution in [0, 0.1) is 12.8 Å². The zero-order valence-corrected chi connectivity index (χ0v) is 17.9. The third-order valence-corrected chi connectivity index (χ3v) is 5.91. The van der Waals surface area contributed by atoms with Crippen molar-refractivity contribution in [3.63, 3.8) is 0 Å². The molecule has 0 N–H and O–H groups in total. The summed E-state index contributed by atoms with van der Waals surface area (Å²) in [6, 6.07) is 20.4. The number of benzene rings is 3. The van der Waals surface area contributed by atoms with Crippen molar-refractivity contribution >= 4 is 35.1 Å². The summed E-state index contributed by atoms with van der Waals surface area (Å²) in [5.41, 5.74) is 2.96. The molecular weight excluding hydrogens is 420 g/mol. The second kappa shape index (κ2) is 8.02. The first-order valence-corrected chi connectivity index (χ1v) is 10.6. The number of anilines is 2. The molecule has 0 aliphatic carbocycles. The van der Waals surface area contributed by atoms with E-state index < -0.39 is 11.9 Å². The van der Waals surface area contributed by atoms with Gasteiger partial charge in [-0.15, -0.1) is 0 Å². The van der Waals surface area contributed by atoms with Crippen LogP contribution < -0.4 is 14.5 Å². The Morgan fingerprint density at radius 1 is 0.818 bits per heavy atom. The fraction of sp³-hybridized carbons (Fsp3) is 0.154. The zero-order valence-electron chi connectivity index (χ0n) is 17.9. The molecular formula is C26H20N2O5. The van der Waals surface area contributed by atoms with Crippen LogP contribution in [0.1, 0.15) is 32.7 Å². The minimum atomic E-state index is -0.574. The molecule has 0 spiro atoms. The molecule has 3 amide bonds. The summed E-state index contributed by atoms with van der Waals surface area (Å²) in [4.78, 5) is 53.0. The fourth-order valence-electron chi connectivity index (χ4n) is 4.13. The van der Waals surface area contributed by atoms with E-state index in [2.05, 4.69) is 0 Å². The van der Waals surface area contributed by atoms with Gasteiger partial charge in [0.25, 0.3) is 11.8 Å². The van der Waals surface area contributed by atoms with E-state index in [9.17, 15) is 19.2 Å². The van der Waals surface area contributed by atoms with E-state index in [4.69, 9.17) is 4.74 Å². The Balaban J connectivity index is 1.26. The molecule has 2 heterocycles. The molecule has 2 aliphatic heterocycles. The van der Waals surface area contributed by atoms with Crippen LogP contribution in [-0.4, -0.2) is 30.2 Å². The molecule has 1 fully saturated rings. The predicted octanol–water partition coefficient (Wildman–Crippen LogP) is 3.75. The third kappa shape index (κ3) is 3.67. The van der Waals surface area contributed by atoms with Gasteiger partial charge in [-0.3, -0.25) is 19.2 Å². The van der Waals surface area contributed by atoms with E-state index in [0.29, 0.717) is 16.8 Å². The molecule has 0 bridgehead atoms. The number of carbonyl (C=O) groups excluding carboxylic acids is 4. The lowest BCUT2D eigenvalue weighted by Crippen LogP contribution is -2.29. The molecule has 7 heteroatoms. The van der Waals surface area contributed by atoms with Crippen molar-refractivity contribution < 1.29 is 23.9 Å². The molecule has 5 rings (SSSR count). The van der Waals surface area contributed by atoms with Crippen LogP contribution in [0.25, 0.3) is 0 Å². The number of imide groups is 1. The molecule has 0 aromatic heterocycles. The maximum absolute atomic E-state index is 12.7. The second-order valence-corrected chi connectivity index (χ2v) is 8.15. The largest absolute Gasteiger partial charge is 0.426 e. The van der Waals surface area contributed by atoms with Crippen molar-refractivity contribution in [2.24, 2.45) is 5.92 Å². The van der Waals surface area contributed by atoms with E-state index >= 15 is 0 Å². The molecule has 2 aliphatic rings. The Morgan fingerprint density at radius 3 is 2.00 bits per heavy atom. The highest BCUT2D eigenvalue weighted by Crippen LogP contribution is 2.30. The Hall–Kier alpha value is -4.26. The van der Waals surface area contributed by atoms with Gasteiger partial charge in [-0.25, -0.2) is 4.90 Å². The summed E-state index contributed by atoms with van der Waals surface area (Å²) in [6.45, 7) is 2.23. The highest BCUT2D eigenvalue weighted by atomic mass is 16.5. The number of amides is 3. The normalized spacial score (nSPS) is 17.5. The van der Waals surface area contributed by atoms with Gasteiger partial charge < -0.3 is 9.64 Å². The summed E-state index contributed by atoms with van der Waals surface area (Å²) in [5.74, 6) is -1.69. The van der Waals surface area contributed by atoms with Crippen molar-refractivity contribution in [2.75, 3.05) is 16.3 Å².